The number of thiazole rings is 1. The van der Waals surface area contributed by atoms with Gasteiger partial charge < -0.3 is 5.32 Å². The number of amides is 1. The third-order valence-electron chi connectivity index (χ3n) is 5.39. The first-order chi connectivity index (χ1) is 14.9. The average molecular weight is 492 g/mol. The number of nitrogens with zero attached hydrogens (tertiary/aromatic N) is 2. The van der Waals surface area contributed by atoms with Gasteiger partial charge in [0.2, 0.25) is 5.91 Å². The van der Waals surface area contributed by atoms with Crippen LogP contribution in [0.15, 0.2) is 24.3 Å². The van der Waals surface area contributed by atoms with E-state index in [2.05, 4.69) is 10.3 Å². The number of anilines is 1. The molecular formula is C21H28F3N3O3S2. The minimum atomic E-state index is -4.40. The van der Waals surface area contributed by atoms with E-state index in [9.17, 15) is 27.1 Å². The Morgan fingerprint density at radius 3 is 2.53 bits per heavy atom. The molecule has 0 radical (unpaired) electrons. The molecule has 2 aromatic rings. The highest BCUT2D eigenvalue weighted by Gasteiger charge is 2.34. The fraction of sp³-hybridized carbons (Fsp3) is 0.524. The molecule has 1 saturated heterocycles. The van der Waals surface area contributed by atoms with Crippen LogP contribution in [0.1, 0.15) is 35.7 Å². The number of alkyl halides is 3. The zero-order chi connectivity index (χ0) is 23.7. The first kappa shape index (κ1) is 25.0. The minimum absolute atomic E-state index is 0.00712. The number of rotatable bonds is 6. The molecule has 1 amide bonds. The van der Waals surface area contributed by atoms with Crippen molar-refractivity contribution in [3.05, 3.63) is 46.1 Å². The normalized spacial score (nSPS) is 19.0. The van der Waals surface area contributed by atoms with Crippen molar-refractivity contribution in [2.75, 3.05) is 29.9 Å². The Hall–Kier alpha value is -1.66. The highest BCUT2D eigenvalue weighted by atomic mass is 32.3. The molecule has 1 aromatic heterocycles. The molecule has 1 aliphatic heterocycles. The molecule has 1 fully saturated rings. The summed E-state index contributed by atoms with van der Waals surface area (Å²) in [5.74, 6) is 0.317. The standard InChI is InChI=1S/C21H28F3N3O3S2/c1-13(2)18(27-7-9-32(29,30)10-8-27)19(28)26-20-14(3)25-17(31-20)12-15-5-4-6-16(11-15)21(22,23)24/h4-6,11,13,18,29-30H,7-10,12H2,1-3H3,(H,26,28). The fourth-order valence-electron chi connectivity index (χ4n) is 3.77. The molecule has 2 heterocycles. The third kappa shape index (κ3) is 6.22. The summed E-state index contributed by atoms with van der Waals surface area (Å²) in [5.41, 5.74) is 0.411. The van der Waals surface area contributed by atoms with Gasteiger partial charge in [-0.05, 0) is 24.5 Å². The summed E-state index contributed by atoms with van der Waals surface area (Å²) in [7, 11) is -2.56. The van der Waals surface area contributed by atoms with Crippen molar-refractivity contribution >= 4 is 32.8 Å². The zero-order valence-corrected chi connectivity index (χ0v) is 19.8. The van der Waals surface area contributed by atoms with E-state index in [1.165, 1.54) is 17.4 Å². The summed E-state index contributed by atoms with van der Waals surface area (Å²) in [6.45, 7) is 6.50. The highest BCUT2D eigenvalue weighted by molar-refractivity contribution is 8.24. The summed E-state index contributed by atoms with van der Waals surface area (Å²) in [6.07, 6.45) is -4.16. The number of nitrogens with one attached hydrogen (secondary N) is 1. The summed E-state index contributed by atoms with van der Waals surface area (Å²) < 4.78 is 58.6. The van der Waals surface area contributed by atoms with Crippen molar-refractivity contribution in [1.29, 1.82) is 0 Å². The van der Waals surface area contributed by atoms with Crippen molar-refractivity contribution in [3.8, 4) is 0 Å². The number of aryl methyl sites for hydroxylation is 1. The van der Waals surface area contributed by atoms with Gasteiger partial charge in [-0.3, -0.25) is 18.8 Å². The third-order valence-corrected chi connectivity index (χ3v) is 8.14. The maximum Gasteiger partial charge on any atom is 0.416 e. The van der Waals surface area contributed by atoms with Crippen LogP contribution in [0.4, 0.5) is 18.2 Å². The summed E-state index contributed by atoms with van der Waals surface area (Å²) in [6, 6.07) is 4.72. The molecule has 1 unspecified atom stereocenters. The zero-order valence-electron chi connectivity index (χ0n) is 18.1. The molecule has 0 aliphatic carbocycles. The van der Waals surface area contributed by atoms with Gasteiger partial charge in [-0.1, -0.05) is 32.0 Å². The smallest absolute Gasteiger partial charge is 0.315 e. The minimum Gasteiger partial charge on any atom is -0.315 e. The van der Waals surface area contributed by atoms with Gasteiger partial charge in [0.1, 0.15) is 5.00 Å². The quantitative estimate of drug-likeness (QED) is 0.524. The average Bonchev–Trinajstić information content (AvgIpc) is 3.01. The van der Waals surface area contributed by atoms with Crippen LogP contribution in [0, 0.1) is 12.8 Å². The van der Waals surface area contributed by atoms with Crippen LogP contribution in [0.5, 0.6) is 0 Å². The molecular weight excluding hydrogens is 463 g/mol. The number of hydrogen-bond donors (Lipinski definition) is 3. The lowest BCUT2D eigenvalue weighted by molar-refractivity contribution is -0.137. The number of hydrogen-bond acceptors (Lipinski definition) is 6. The summed E-state index contributed by atoms with van der Waals surface area (Å²) in [4.78, 5) is 19.5. The van der Waals surface area contributed by atoms with Crippen molar-refractivity contribution in [2.24, 2.45) is 5.92 Å². The van der Waals surface area contributed by atoms with E-state index in [1.807, 2.05) is 18.7 Å². The van der Waals surface area contributed by atoms with Crippen LogP contribution in [0.3, 0.4) is 0 Å². The van der Waals surface area contributed by atoms with E-state index in [1.54, 1.807) is 13.0 Å². The van der Waals surface area contributed by atoms with Crippen molar-refractivity contribution in [2.45, 2.75) is 39.4 Å². The monoisotopic (exact) mass is 491 g/mol. The number of aromatic nitrogens is 1. The second kappa shape index (κ2) is 9.68. The predicted molar refractivity (Wildman–Crippen MR) is 123 cm³/mol. The fourth-order valence-corrected chi connectivity index (χ4v) is 6.03. The van der Waals surface area contributed by atoms with Crippen LogP contribution < -0.4 is 5.32 Å². The maximum atomic E-state index is 13.1. The topological polar surface area (TPSA) is 85.7 Å². The van der Waals surface area contributed by atoms with Gasteiger partial charge in [-0.2, -0.15) is 23.8 Å². The first-order valence-electron chi connectivity index (χ1n) is 10.3. The van der Waals surface area contributed by atoms with Gasteiger partial charge in [0.25, 0.3) is 0 Å². The Morgan fingerprint density at radius 2 is 1.94 bits per heavy atom. The second-order valence-corrected chi connectivity index (χ2v) is 11.8. The number of benzene rings is 1. The van der Waals surface area contributed by atoms with E-state index in [4.69, 9.17) is 0 Å². The SMILES string of the molecule is Cc1nc(Cc2cccc(C(F)(F)F)c2)sc1NC(=O)C(C(C)C)N1CCS(O)(O)CC1. The van der Waals surface area contributed by atoms with E-state index < -0.39 is 28.4 Å². The number of carbonyl (C=O) groups excluding carboxylic acids is 1. The molecule has 3 rings (SSSR count). The highest BCUT2D eigenvalue weighted by Crippen LogP contribution is 2.41. The molecule has 0 saturated carbocycles. The Bertz CT molecular complexity index is 953. The van der Waals surface area contributed by atoms with Crippen LogP contribution >= 0.6 is 21.9 Å². The Kier molecular flexibility index (Phi) is 7.55. The lowest BCUT2D eigenvalue weighted by Gasteiger charge is -2.44. The first-order valence-corrected chi connectivity index (χ1v) is 13.0. The maximum absolute atomic E-state index is 13.1. The van der Waals surface area contributed by atoms with Gasteiger partial charge in [0.15, 0.2) is 0 Å². The van der Waals surface area contributed by atoms with Crippen LogP contribution in [0.2, 0.25) is 0 Å². The summed E-state index contributed by atoms with van der Waals surface area (Å²) >= 11 is 1.25. The largest absolute Gasteiger partial charge is 0.416 e. The molecule has 1 aromatic carbocycles. The molecule has 6 nitrogen and oxygen atoms in total. The molecule has 178 valence electrons. The lowest BCUT2D eigenvalue weighted by atomic mass is 10.0. The van der Waals surface area contributed by atoms with Gasteiger partial charge in [-0.25, -0.2) is 4.98 Å². The van der Waals surface area contributed by atoms with E-state index in [0.29, 0.717) is 34.4 Å². The van der Waals surface area contributed by atoms with Crippen LogP contribution in [0.25, 0.3) is 0 Å². The molecule has 32 heavy (non-hydrogen) atoms. The molecule has 3 N–H and O–H groups in total. The van der Waals surface area contributed by atoms with Crippen LogP contribution in [-0.4, -0.2) is 55.5 Å². The molecule has 1 aliphatic rings. The second-order valence-electron chi connectivity index (χ2n) is 8.32. The van der Waals surface area contributed by atoms with Crippen molar-refractivity contribution in [3.63, 3.8) is 0 Å². The van der Waals surface area contributed by atoms with Gasteiger partial charge in [0.05, 0.1) is 33.8 Å². The number of halogens is 3. The van der Waals surface area contributed by atoms with Gasteiger partial charge in [-0.15, -0.1) is 11.3 Å². The van der Waals surface area contributed by atoms with Crippen molar-refractivity contribution in [1.82, 2.24) is 9.88 Å². The molecule has 0 spiro atoms. The Balaban J connectivity index is 1.71. The van der Waals surface area contributed by atoms with E-state index in [-0.39, 0.29) is 29.8 Å². The van der Waals surface area contributed by atoms with Crippen molar-refractivity contribution < 1.29 is 27.1 Å². The lowest BCUT2D eigenvalue weighted by Crippen LogP contribution is -2.52. The van der Waals surface area contributed by atoms with E-state index >= 15 is 0 Å². The van der Waals surface area contributed by atoms with E-state index in [0.717, 1.165) is 12.1 Å². The molecule has 1 atom stereocenters. The summed E-state index contributed by atoms with van der Waals surface area (Å²) in [5, 5.41) is 4.12. The molecule has 11 heteroatoms. The van der Waals surface area contributed by atoms with Gasteiger partial charge >= 0.3 is 6.18 Å². The number of carbonyl (C=O) groups is 1. The Labute approximate surface area is 191 Å². The predicted octanol–water partition coefficient (Wildman–Crippen LogP) is 5.09. The van der Waals surface area contributed by atoms with Gasteiger partial charge in [0, 0.05) is 19.5 Å². The van der Waals surface area contributed by atoms with Crippen LogP contribution in [-0.2, 0) is 17.4 Å². The molecule has 0 bridgehead atoms. The Morgan fingerprint density at radius 1 is 1.28 bits per heavy atom.